The van der Waals surface area contributed by atoms with Crippen LogP contribution in [0.1, 0.15) is 0 Å². The molecule has 0 saturated heterocycles. The largest absolute Gasteiger partial charge is 0.497 e. The average Bonchev–Trinajstić information content (AvgIpc) is 2.83. The highest BCUT2D eigenvalue weighted by Gasteiger charge is 2.17. The summed E-state index contributed by atoms with van der Waals surface area (Å²) in [7, 11) is 0.622. The van der Waals surface area contributed by atoms with Crippen LogP contribution >= 0.6 is 11.6 Å². The number of anilines is 2. The van der Waals surface area contributed by atoms with E-state index in [4.69, 9.17) is 30.5 Å². The molecule has 9 nitrogen and oxygen atoms in total. The van der Waals surface area contributed by atoms with Gasteiger partial charge in [-0.25, -0.2) is 8.42 Å². The third-order valence-electron chi connectivity index (χ3n) is 4.60. The molecule has 11 heteroatoms. The van der Waals surface area contributed by atoms with E-state index in [1.807, 2.05) is 0 Å². The van der Waals surface area contributed by atoms with E-state index in [9.17, 15) is 13.2 Å². The zero-order chi connectivity index (χ0) is 24.7. The maximum Gasteiger partial charge on any atom is 0.262 e. The number of carbonyl (C=O) groups excluding carboxylic acids is 1. The smallest absolute Gasteiger partial charge is 0.262 e. The Morgan fingerprint density at radius 1 is 0.853 bits per heavy atom. The summed E-state index contributed by atoms with van der Waals surface area (Å²) in [4.78, 5) is 12.3. The van der Waals surface area contributed by atoms with Gasteiger partial charge in [0.25, 0.3) is 15.9 Å². The predicted octanol–water partition coefficient (Wildman–Crippen LogP) is 4.18. The molecule has 0 aliphatic carbocycles. The summed E-state index contributed by atoms with van der Waals surface area (Å²) in [6.45, 7) is -0.356. The summed E-state index contributed by atoms with van der Waals surface area (Å²) in [6, 6.07) is 15.3. The van der Waals surface area contributed by atoms with Crippen LogP contribution in [0.2, 0.25) is 5.02 Å². The molecule has 1 amide bonds. The maximum atomic E-state index is 12.7. The Morgan fingerprint density at radius 3 is 2.15 bits per heavy atom. The number of hydrogen-bond donors (Lipinski definition) is 2. The number of ether oxygens (including phenoxy) is 4. The summed E-state index contributed by atoms with van der Waals surface area (Å²) < 4.78 is 48.7. The van der Waals surface area contributed by atoms with E-state index in [1.54, 1.807) is 42.5 Å². The van der Waals surface area contributed by atoms with Gasteiger partial charge in [-0.05, 0) is 54.6 Å². The quantitative estimate of drug-likeness (QED) is 0.424. The monoisotopic (exact) mass is 506 g/mol. The van der Waals surface area contributed by atoms with Gasteiger partial charge >= 0.3 is 0 Å². The third kappa shape index (κ3) is 6.24. The number of nitrogens with one attached hydrogen (secondary N) is 2. The van der Waals surface area contributed by atoms with Gasteiger partial charge in [0, 0.05) is 11.8 Å². The first kappa shape index (κ1) is 25.0. The van der Waals surface area contributed by atoms with Crippen LogP contribution in [0.3, 0.4) is 0 Å². The second-order valence-electron chi connectivity index (χ2n) is 6.83. The van der Waals surface area contributed by atoms with E-state index in [1.165, 1.54) is 39.5 Å². The van der Waals surface area contributed by atoms with E-state index >= 15 is 0 Å². The molecule has 2 N–H and O–H groups in total. The second kappa shape index (κ2) is 11.0. The lowest BCUT2D eigenvalue weighted by molar-refractivity contribution is -0.118. The number of amides is 1. The Labute approximate surface area is 202 Å². The molecule has 0 spiro atoms. The van der Waals surface area contributed by atoms with E-state index in [2.05, 4.69) is 10.0 Å². The fourth-order valence-electron chi connectivity index (χ4n) is 2.87. The van der Waals surface area contributed by atoms with Crippen LogP contribution < -0.4 is 29.0 Å². The Hall–Kier alpha value is -3.63. The molecule has 0 atom stereocenters. The molecule has 3 aromatic rings. The van der Waals surface area contributed by atoms with Crippen molar-refractivity contribution in [1.82, 2.24) is 0 Å². The van der Waals surface area contributed by atoms with Crippen molar-refractivity contribution >= 4 is 38.9 Å². The molecular formula is C23H23ClN2O7S. The average molecular weight is 507 g/mol. The van der Waals surface area contributed by atoms with Gasteiger partial charge in [0.2, 0.25) is 0 Å². The SMILES string of the molecule is COc1ccc(NS(=O)(=O)c2ccc(OCC(=O)Nc3ccc(OC)cc3OC)c(Cl)c2)cc1. The second-order valence-corrected chi connectivity index (χ2v) is 8.92. The van der Waals surface area contributed by atoms with E-state index < -0.39 is 15.9 Å². The van der Waals surface area contributed by atoms with Crippen LogP contribution in [0.15, 0.2) is 65.6 Å². The first-order valence-corrected chi connectivity index (χ1v) is 11.7. The van der Waals surface area contributed by atoms with Crippen LogP contribution in [0.25, 0.3) is 0 Å². The minimum atomic E-state index is -3.89. The molecule has 3 aromatic carbocycles. The van der Waals surface area contributed by atoms with Crippen molar-refractivity contribution < 1.29 is 32.2 Å². The van der Waals surface area contributed by atoms with Crippen molar-refractivity contribution in [1.29, 1.82) is 0 Å². The lowest BCUT2D eigenvalue weighted by Crippen LogP contribution is -2.20. The molecule has 0 fully saturated rings. The van der Waals surface area contributed by atoms with Crippen molar-refractivity contribution in [3.05, 3.63) is 65.7 Å². The normalized spacial score (nSPS) is 10.8. The summed E-state index contributed by atoms with van der Waals surface area (Å²) in [5.41, 5.74) is 0.803. The zero-order valence-corrected chi connectivity index (χ0v) is 20.2. The molecule has 180 valence electrons. The van der Waals surface area contributed by atoms with E-state index in [0.717, 1.165) is 0 Å². The number of carbonyl (C=O) groups is 1. The first-order chi connectivity index (χ1) is 16.2. The molecule has 0 unspecified atom stereocenters. The summed E-state index contributed by atoms with van der Waals surface area (Å²) in [5.74, 6) is 1.29. The molecule has 3 rings (SSSR count). The topological polar surface area (TPSA) is 112 Å². The van der Waals surface area contributed by atoms with Gasteiger partial charge in [0.05, 0.1) is 36.9 Å². The number of sulfonamides is 1. The highest BCUT2D eigenvalue weighted by atomic mass is 35.5. The standard InChI is InChI=1S/C23H23ClN2O7S/c1-30-16-6-4-15(5-7-16)26-34(28,29)18-9-11-21(19(24)13-18)33-14-23(27)25-20-10-8-17(31-2)12-22(20)32-3/h4-13,26H,14H2,1-3H3,(H,25,27). The summed E-state index contributed by atoms with van der Waals surface area (Å²) >= 11 is 6.20. The van der Waals surface area contributed by atoms with Crippen LogP contribution in [0, 0.1) is 0 Å². The predicted molar refractivity (Wildman–Crippen MR) is 129 cm³/mol. The Morgan fingerprint density at radius 2 is 1.53 bits per heavy atom. The molecule has 0 aliphatic heterocycles. The fourth-order valence-corrected chi connectivity index (χ4v) is 4.25. The third-order valence-corrected chi connectivity index (χ3v) is 6.27. The van der Waals surface area contributed by atoms with Crippen molar-refractivity contribution in [2.24, 2.45) is 0 Å². The number of halogens is 1. The molecule has 34 heavy (non-hydrogen) atoms. The molecule has 0 aliphatic rings. The highest BCUT2D eigenvalue weighted by Crippen LogP contribution is 2.30. The Balaban J connectivity index is 1.64. The van der Waals surface area contributed by atoms with Crippen LogP contribution in [0.5, 0.6) is 23.0 Å². The van der Waals surface area contributed by atoms with Gasteiger partial charge in [-0.15, -0.1) is 0 Å². The maximum absolute atomic E-state index is 12.7. The number of hydrogen-bond acceptors (Lipinski definition) is 7. The van der Waals surface area contributed by atoms with E-state index in [0.29, 0.717) is 28.6 Å². The minimum absolute atomic E-state index is 0.0347. The fraction of sp³-hybridized carbons (Fsp3) is 0.174. The van der Waals surface area contributed by atoms with Gasteiger partial charge in [0.1, 0.15) is 23.0 Å². The number of benzene rings is 3. The lowest BCUT2D eigenvalue weighted by atomic mass is 10.2. The molecule has 0 bridgehead atoms. The van der Waals surface area contributed by atoms with Gasteiger partial charge in [-0.1, -0.05) is 11.6 Å². The van der Waals surface area contributed by atoms with Crippen molar-refractivity contribution in [3.8, 4) is 23.0 Å². The zero-order valence-electron chi connectivity index (χ0n) is 18.6. The van der Waals surface area contributed by atoms with Gasteiger partial charge in [0.15, 0.2) is 6.61 Å². The Kier molecular flexibility index (Phi) is 8.08. The van der Waals surface area contributed by atoms with E-state index in [-0.39, 0.29) is 22.3 Å². The van der Waals surface area contributed by atoms with Crippen LogP contribution in [-0.2, 0) is 14.8 Å². The first-order valence-electron chi connectivity index (χ1n) is 9.87. The van der Waals surface area contributed by atoms with Gasteiger partial charge in [-0.2, -0.15) is 0 Å². The van der Waals surface area contributed by atoms with Gasteiger partial charge < -0.3 is 24.3 Å². The van der Waals surface area contributed by atoms with Gasteiger partial charge in [-0.3, -0.25) is 9.52 Å². The number of methoxy groups -OCH3 is 3. The minimum Gasteiger partial charge on any atom is -0.497 e. The summed E-state index contributed by atoms with van der Waals surface area (Å²) in [5, 5.41) is 2.71. The highest BCUT2D eigenvalue weighted by molar-refractivity contribution is 7.92. The van der Waals surface area contributed by atoms with Crippen molar-refractivity contribution in [2.75, 3.05) is 38.0 Å². The van der Waals surface area contributed by atoms with Crippen LogP contribution in [-0.4, -0.2) is 42.3 Å². The van der Waals surface area contributed by atoms with Crippen LogP contribution in [0.4, 0.5) is 11.4 Å². The molecule has 0 aromatic heterocycles. The molecule has 0 saturated carbocycles. The Bertz CT molecular complexity index is 1260. The van der Waals surface area contributed by atoms with Crippen molar-refractivity contribution in [3.63, 3.8) is 0 Å². The summed E-state index contributed by atoms with van der Waals surface area (Å²) in [6.07, 6.45) is 0. The molecular weight excluding hydrogens is 484 g/mol. The van der Waals surface area contributed by atoms with Crippen molar-refractivity contribution in [2.45, 2.75) is 4.90 Å². The molecule has 0 radical (unpaired) electrons. The molecule has 0 heterocycles. The lowest BCUT2D eigenvalue weighted by Gasteiger charge is -2.13. The number of rotatable bonds is 10.